The highest BCUT2D eigenvalue weighted by Gasteiger charge is 2.22. The van der Waals surface area contributed by atoms with Crippen molar-refractivity contribution < 1.29 is 0 Å². The number of H-pyrrole nitrogens is 1. The molecule has 1 unspecified atom stereocenters. The van der Waals surface area contributed by atoms with Crippen LogP contribution in [0.5, 0.6) is 0 Å². The Balaban J connectivity index is 2.05. The third-order valence-electron chi connectivity index (χ3n) is 3.13. The predicted octanol–water partition coefficient (Wildman–Crippen LogP) is 0.927. The average molecular weight is 238 g/mol. The quantitative estimate of drug-likeness (QED) is 0.777. The largest absolute Gasteiger partial charge is 0.335 e. The van der Waals surface area contributed by atoms with Gasteiger partial charge in [0.1, 0.15) is 10.5 Å². The maximum Gasteiger partial charge on any atom is 0.108 e. The Morgan fingerprint density at radius 1 is 1.50 bits per heavy atom. The van der Waals surface area contributed by atoms with Crippen LogP contribution in [-0.2, 0) is 6.42 Å². The fourth-order valence-electron chi connectivity index (χ4n) is 2.06. The Morgan fingerprint density at radius 2 is 2.31 bits per heavy atom. The van der Waals surface area contributed by atoms with E-state index in [1.807, 2.05) is 6.07 Å². The third kappa shape index (κ3) is 2.87. The molecule has 4 nitrogen and oxygen atoms in total. The van der Waals surface area contributed by atoms with E-state index in [4.69, 9.17) is 12.2 Å². The van der Waals surface area contributed by atoms with Gasteiger partial charge in [0.25, 0.3) is 0 Å². The number of piperazine rings is 1. The van der Waals surface area contributed by atoms with E-state index < -0.39 is 0 Å². The lowest BCUT2D eigenvalue weighted by Crippen LogP contribution is -2.50. The average Bonchev–Trinajstić information content (AvgIpc) is 2.24. The van der Waals surface area contributed by atoms with E-state index in [0.717, 1.165) is 36.5 Å². The van der Waals surface area contributed by atoms with Crippen molar-refractivity contribution in [2.45, 2.75) is 12.5 Å². The molecule has 0 aromatic carbocycles. The Hall–Kier alpha value is -0.780. The minimum atomic E-state index is 0.527. The van der Waals surface area contributed by atoms with Gasteiger partial charge >= 0.3 is 0 Å². The lowest BCUT2D eigenvalue weighted by molar-refractivity contribution is 0.113. The van der Waals surface area contributed by atoms with Crippen LogP contribution < -0.4 is 0 Å². The van der Waals surface area contributed by atoms with Gasteiger partial charge in [-0.3, -0.25) is 0 Å². The Bertz CT molecular complexity index is 403. The highest BCUT2D eigenvalue weighted by molar-refractivity contribution is 7.71. The second kappa shape index (κ2) is 5.03. The fraction of sp³-hybridized carbons (Fsp3) is 0.636. The van der Waals surface area contributed by atoms with Crippen LogP contribution in [0.15, 0.2) is 12.3 Å². The number of aromatic amines is 1. The van der Waals surface area contributed by atoms with Gasteiger partial charge in [0, 0.05) is 38.3 Å². The maximum absolute atomic E-state index is 5.10. The first-order chi connectivity index (χ1) is 7.65. The van der Waals surface area contributed by atoms with E-state index in [9.17, 15) is 0 Å². The smallest absolute Gasteiger partial charge is 0.108 e. The number of nitrogens with one attached hydrogen (secondary N) is 1. The summed E-state index contributed by atoms with van der Waals surface area (Å²) in [4.78, 5) is 12.2. The van der Waals surface area contributed by atoms with Gasteiger partial charge in [0.2, 0.25) is 0 Å². The van der Waals surface area contributed by atoms with E-state index in [-0.39, 0.29) is 0 Å². The van der Waals surface area contributed by atoms with Gasteiger partial charge in [-0.05, 0) is 20.2 Å². The molecule has 0 amide bonds. The molecule has 2 rings (SSSR count). The van der Waals surface area contributed by atoms with Gasteiger partial charge in [-0.15, -0.1) is 0 Å². The summed E-state index contributed by atoms with van der Waals surface area (Å²) >= 11 is 5.10. The molecule has 0 bridgehead atoms. The zero-order chi connectivity index (χ0) is 11.5. The summed E-state index contributed by atoms with van der Waals surface area (Å²) in [7, 11) is 4.34. The lowest BCUT2D eigenvalue weighted by atomic mass is 10.1. The number of aromatic nitrogens is 2. The maximum atomic E-state index is 5.10. The molecule has 1 aromatic heterocycles. The Morgan fingerprint density at radius 3 is 3.06 bits per heavy atom. The van der Waals surface area contributed by atoms with Crippen molar-refractivity contribution in [1.29, 1.82) is 0 Å². The highest BCUT2D eigenvalue weighted by Crippen LogP contribution is 2.09. The van der Waals surface area contributed by atoms with Crippen LogP contribution in [0.25, 0.3) is 0 Å². The summed E-state index contributed by atoms with van der Waals surface area (Å²) in [6.45, 7) is 3.35. The van der Waals surface area contributed by atoms with Crippen LogP contribution in [0.4, 0.5) is 0 Å². The Kier molecular flexibility index (Phi) is 3.68. The van der Waals surface area contributed by atoms with Gasteiger partial charge < -0.3 is 14.8 Å². The number of rotatable bonds is 2. The Labute approximate surface area is 101 Å². The van der Waals surface area contributed by atoms with Crippen LogP contribution in [0.3, 0.4) is 0 Å². The number of nitrogens with zero attached hydrogens (tertiary/aromatic N) is 3. The molecule has 1 atom stereocenters. The van der Waals surface area contributed by atoms with Gasteiger partial charge in [-0.2, -0.15) is 0 Å². The summed E-state index contributed by atoms with van der Waals surface area (Å²) in [6.07, 6.45) is 2.71. The van der Waals surface area contributed by atoms with Crippen molar-refractivity contribution in [3.8, 4) is 0 Å². The molecule has 1 N–H and O–H groups in total. The fourth-order valence-corrected chi connectivity index (χ4v) is 2.24. The lowest BCUT2D eigenvalue weighted by Gasteiger charge is -2.37. The van der Waals surface area contributed by atoms with Crippen molar-refractivity contribution in [2.75, 3.05) is 33.7 Å². The molecular formula is C11H18N4S. The molecule has 5 heteroatoms. The molecule has 0 radical (unpaired) electrons. The highest BCUT2D eigenvalue weighted by atomic mass is 32.1. The molecule has 0 saturated carbocycles. The first-order valence-corrected chi connectivity index (χ1v) is 5.99. The summed E-state index contributed by atoms with van der Waals surface area (Å²) in [5.74, 6) is 0.986. The molecule has 88 valence electrons. The zero-order valence-electron chi connectivity index (χ0n) is 9.81. The van der Waals surface area contributed by atoms with E-state index in [2.05, 4.69) is 33.9 Å². The molecule has 16 heavy (non-hydrogen) atoms. The standard InChI is InChI=1S/C11H18N4S/c1-14-5-6-15(2)9(8-14)7-10-12-4-3-11(16)13-10/h3-4,9H,5-8H2,1-2H3,(H,12,13,16). The molecule has 0 aliphatic carbocycles. The minimum Gasteiger partial charge on any atom is -0.335 e. The monoisotopic (exact) mass is 238 g/mol. The van der Waals surface area contributed by atoms with E-state index >= 15 is 0 Å². The van der Waals surface area contributed by atoms with Crippen LogP contribution in [0.1, 0.15) is 5.82 Å². The van der Waals surface area contributed by atoms with Crippen LogP contribution in [0, 0.1) is 4.64 Å². The first kappa shape index (κ1) is 11.7. The van der Waals surface area contributed by atoms with Crippen molar-refractivity contribution in [2.24, 2.45) is 0 Å². The van der Waals surface area contributed by atoms with E-state index in [1.54, 1.807) is 6.20 Å². The van der Waals surface area contributed by atoms with Gasteiger partial charge in [-0.25, -0.2) is 4.98 Å². The van der Waals surface area contributed by atoms with Gasteiger partial charge in [0.15, 0.2) is 0 Å². The normalized spacial score (nSPS) is 23.5. The van der Waals surface area contributed by atoms with Crippen LogP contribution in [-0.4, -0.2) is 59.5 Å². The first-order valence-electron chi connectivity index (χ1n) is 5.58. The van der Waals surface area contributed by atoms with Gasteiger partial charge in [-0.1, -0.05) is 12.2 Å². The summed E-state index contributed by atoms with van der Waals surface area (Å²) < 4.78 is 0.761. The third-order valence-corrected chi connectivity index (χ3v) is 3.37. The molecule has 0 spiro atoms. The number of likely N-dealkylation sites (N-methyl/N-ethyl adjacent to an activating group) is 2. The molecule has 1 aliphatic heterocycles. The van der Waals surface area contributed by atoms with Crippen molar-refractivity contribution in [3.63, 3.8) is 0 Å². The SMILES string of the molecule is CN1CCN(C)C(Cc2nccc(=S)[nH]2)C1. The molecule has 1 fully saturated rings. The van der Waals surface area contributed by atoms with Crippen LogP contribution in [0.2, 0.25) is 0 Å². The van der Waals surface area contributed by atoms with E-state index in [0.29, 0.717) is 6.04 Å². The summed E-state index contributed by atoms with van der Waals surface area (Å²) in [6, 6.07) is 2.34. The van der Waals surface area contributed by atoms with Crippen molar-refractivity contribution in [3.05, 3.63) is 22.7 Å². The van der Waals surface area contributed by atoms with Crippen LogP contribution >= 0.6 is 12.2 Å². The molecule has 1 aliphatic rings. The summed E-state index contributed by atoms with van der Waals surface area (Å²) in [5.41, 5.74) is 0. The molecular weight excluding hydrogens is 220 g/mol. The second-order valence-electron chi connectivity index (χ2n) is 4.48. The van der Waals surface area contributed by atoms with Crippen molar-refractivity contribution in [1.82, 2.24) is 19.8 Å². The molecule has 1 saturated heterocycles. The summed E-state index contributed by atoms with van der Waals surface area (Å²) in [5, 5.41) is 0. The molecule has 2 heterocycles. The zero-order valence-corrected chi connectivity index (χ0v) is 10.6. The van der Waals surface area contributed by atoms with E-state index in [1.165, 1.54) is 0 Å². The minimum absolute atomic E-state index is 0.527. The van der Waals surface area contributed by atoms with Gasteiger partial charge in [0.05, 0.1) is 0 Å². The number of hydrogen-bond acceptors (Lipinski definition) is 4. The predicted molar refractivity (Wildman–Crippen MR) is 67.0 cm³/mol. The molecule has 1 aromatic rings. The van der Waals surface area contributed by atoms with Crippen molar-refractivity contribution >= 4 is 12.2 Å². The number of hydrogen-bond donors (Lipinski definition) is 1. The second-order valence-corrected chi connectivity index (χ2v) is 4.92. The topological polar surface area (TPSA) is 35.2 Å².